The highest BCUT2D eigenvalue weighted by atomic mass is 16.5. The molecule has 1 heterocycles. The molecule has 2 rings (SSSR count). The van der Waals surface area contributed by atoms with E-state index in [1.54, 1.807) is 0 Å². The van der Waals surface area contributed by atoms with Crippen molar-refractivity contribution < 1.29 is 9.53 Å². The Morgan fingerprint density at radius 2 is 2.21 bits per heavy atom. The zero-order valence-corrected chi connectivity index (χ0v) is 11.7. The number of benzene rings is 1. The maximum Gasteiger partial charge on any atom is 0.224 e. The second-order valence-electron chi connectivity index (χ2n) is 4.90. The van der Waals surface area contributed by atoms with Gasteiger partial charge in [0.2, 0.25) is 5.91 Å². The SMILES string of the molecule is CCC(=O)Nc1cccc(NCC2CCCO2)c1C. The monoisotopic (exact) mass is 262 g/mol. The summed E-state index contributed by atoms with van der Waals surface area (Å²) < 4.78 is 5.59. The van der Waals surface area contributed by atoms with Gasteiger partial charge in [0.15, 0.2) is 0 Å². The van der Waals surface area contributed by atoms with Crippen LogP contribution >= 0.6 is 0 Å². The van der Waals surface area contributed by atoms with Gasteiger partial charge in [0.05, 0.1) is 6.10 Å². The topological polar surface area (TPSA) is 50.4 Å². The number of carbonyl (C=O) groups is 1. The lowest BCUT2D eigenvalue weighted by Crippen LogP contribution is -2.19. The van der Waals surface area contributed by atoms with Crippen molar-refractivity contribution in [3.8, 4) is 0 Å². The molecule has 1 saturated heterocycles. The molecule has 0 radical (unpaired) electrons. The van der Waals surface area contributed by atoms with Crippen molar-refractivity contribution in [3.05, 3.63) is 23.8 Å². The molecule has 1 aromatic carbocycles. The summed E-state index contributed by atoms with van der Waals surface area (Å²) in [6.45, 7) is 5.57. The fraction of sp³-hybridized carbons (Fsp3) is 0.533. The number of amides is 1. The maximum atomic E-state index is 11.5. The van der Waals surface area contributed by atoms with Gasteiger partial charge < -0.3 is 15.4 Å². The largest absolute Gasteiger partial charge is 0.382 e. The lowest BCUT2D eigenvalue weighted by atomic mass is 10.1. The summed E-state index contributed by atoms with van der Waals surface area (Å²) in [6, 6.07) is 5.92. The second kappa shape index (κ2) is 6.57. The molecule has 1 fully saturated rings. The van der Waals surface area contributed by atoms with Crippen LogP contribution in [0, 0.1) is 6.92 Å². The smallest absolute Gasteiger partial charge is 0.224 e. The zero-order valence-electron chi connectivity index (χ0n) is 11.7. The number of rotatable bonds is 5. The number of nitrogens with one attached hydrogen (secondary N) is 2. The molecule has 0 bridgehead atoms. The van der Waals surface area contributed by atoms with Crippen LogP contribution in [0.15, 0.2) is 18.2 Å². The normalized spacial score (nSPS) is 18.3. The first kappa shape index (κ1) is 13.9. The molecule has 0 saturated carbocycles. The van der Waals surface area contributed by atoms with Gasteiger partial charge >= 0.3 is 0 Å². The number of carbonyl (C=O) groups excluding carboxylic acids is 1. The molecule has 0 spiro atoms. The van der Waals surface area contributed by atoms with Gasteiger partial charge in [-0.2, -0.15) is 0 Å². The Kier molecular flexibility index (Phi) is 4.80. The van der Waals surface area contributed by atoms with Gasteiger partial charge in [0, 0.05) is 30.9 Å². The first-order valence-electron chi connectivity index (χ1n) is 6.95. The Bertz CT molecular complexity index is 440. The van der Waals surface area contributed by atoms with Crippen LogP contribution in [0.1, 0.15) is 31.7 Å². The average Bonchev–Trinajstić information content (AvgIpc) is 2.93. The highest BCUT2D eigenvalue weighted by Gasteiger charge is 2.15. The molecule has 1 amide bonds. The minimum atomic E-state index is 0.0411. The Balaban J connectivity index is 1.99. The van der Waals surface area contributed by atoms with Crippen molar-refractivity contribution in [2.75, 3.05) is 23.8 Å². The van der Waals surface area contributed by atoms with E-state index in [0.717, 1.165) is 42.9 Å². The van der Waals surface area contributed by atoms with Crippen molar-refractivity contribution in [2.24, 2.45) is 0 Å². The van der Waals surface area contributed by atoms with E-state index in [-0.39, 0.29) is 5.91 Å². The van der Waals surface area contributed by atoms with E-state index >= 15 is 0 Å². The fourth-order valence-corrected chi connectivity index (χ4v) is 2.23. The predicted octanol–water partition coefficient (Wildman–Crippen LogP) is 2.93. The van der Waals surface area contributed by atoms with E-state index < -0.39 is 0 Å². The predicted molar refractivity (Wildman–Crippen MR) is 77.6 cm³/mol. The Labute approximate surface area is 114 Å². The third-order valence-electron chi connectivity index (χ3n) is 3.47. The molecule has 1 aromatic rings. The fourth-order valence-electron chi connectivity index (χ4n) is 2.23. The summed E-state index contributed by atoms with van der Waals surface area (Å²) in [4.78, 5) is 11.5. The van der Waals surface area contributed by atoms with Crippen molar-refractivity contribution in [1.82, 2.24) is 0 Å². The Hall–Kier alpha value is -1.55. The van der Waals surface area contributed by atoms with Gasteiger partial charge in [0.25, 0.3) is 0 Å². The third kappa shape index (κ3) is 3.70. The molecule has 1 atom stereocenters. The highest BCUT2D eigenvalue weighted by molar-refractivity contribution is 5.92. The first-order valence-corrected chi connectivity index (χ1v) is 6.95. The summed E-state index contributed by atoms with van der Waals surface area (Å²) >= 11 is 0. The van der Waals surface area contributed by atoms with Crippen LogP contribution in [0.5, 0.6) is 0 Å². The lowest BCUT2D eigenvalue weighted by Gasteiger charge is -2.16. The minimum absolute atomic E-state index is 0.0411. The summed E-state index contributed by atoms with van der Waals surface area (Å²) in [5, 5.41) is 6.33. The summed E-state index contributed by atoms with van der Waals surface area (Å²) in [5.74, 6) is 0.0411. The van der Waals surface area contributed by atoms with Gasteiger partial charge in [-0.05, 0) is 37.5 Å². The van der Waals surface area contributed by atoms with E-state index in [2.05, 4.69) is 10.6 Å². The van der Waals surface area contributed by atoms with E-state index in [4.69, 9.17) is 4.74 Å². The minimum Gasteiger partial charge on any atom is -0.382 e. The number of ether oxygens (including phenoxy) is 1. The Morgan fingerprint density at radius 3 is 2.89 bits per heavy atom. The van der Waals surface area contributed by atoms with Gasteiger partial charge in [-0.15, -0.1) is 0 Å². The first-order chi connectivity index (χ1) is 9.20. The van der Waals surface area contributed by atoms with Gasteiger partial charge in [0.1, 0.15) is 0 Å². The molecule has 0 aromatic heterocycles. The van der Waals surface area contributed by atoms with Crippen LogP contribution in [-0.2, 0) is 9.53 Å². The van der Waals surface area contributed by atoms with E-state index in [9.17, 15) is 4.79 Å². The molecule has 104 valence electrons. The van der Waals surface area contributed by atoms with E-state index in [0.29, 0.717) is 12.5 Å². The van der Waals surface area contributed by atoms with Gasteiger partial charge in [-0.1, -0.05) is 13.0 Å². The van der Waals surface area contributed by atoms with E-state index in [1.807, 2.05) is 32.0 Å². The number of hydrogen-bond acceptors (Lipinski definition) is 3. The molecule has 1 aliphatic rings. The highest BCUT2D eigenvalue weighted by Crippen LogP contribution is 2.24. The summed E-state index contributed by atoms with van der Waals surface area (Å²) in [5.41, 5.74) is 3.01. The van der Waals surface area contributed by atoms with Crippen LogP contribution in [0.2, 0.25) is 0 Å². The molecule has 2 N–H and O–H groups in total. The van der Waals surface area contributed by atoms with Crippen LogP contribution in [0.25, 0.3) is 0 Å². The molecule has 1 aliphatic heterocycles. The number of anilines is 2. The van der Waals surface area contributed by atoms with Crippen molar-refractivity contribution in [2.45, 2.75) is 39.2 Å². The second-order valence-corrected chi connectivity index (χ2v) is 4.90. The van der Waals surface area contributed by atoms with E-state index in [1.165, 1.54) is 0 Å². The molecule has 4 heteroatoms. The molecule has 1 unspecified atom stereocenters. The molecule has 0 aliphatic carbocycles. The van der Waals surface area contributed by atoms with Crippen LogP contribution < -0.4 is 10.6 Å². The molecular formula is C15H22N2O2. The van der Waals surface area contributed by atoms with Gasteiger partial charge in [-0.25, -0.2) is 0 Å². The molecule has 19 heavy (non-hydrogen) atoms. The average molecular weight is 262 g/mol. The maximum absolute atomic E-state index is 11.5. The summed E-state index contributed by atoms with van der Waals surface area (Å²) in [6.07, 6.45) is 3.08. The quantitative estimate of drug-likeness (QED) is 0.857. The number of hydrogen-bond donors (Lipinski definition) is 2. The van der Waals surface area contributed by atoms with Crippen LogP contribution in [0.3, 0.4) is 0 Å². The molecule has 4 nitrogen and oxygen atoms in total. The van der Waals surface area contributed by atoms with Crippen LogP contribution in [0.4, 0.5) is 11.4 Å². The van der Waals surface area contributed by atoms with Crippen LogP contribution in [-0.4, -0.2) is 25.2 Å². The van der Waals surface area contributed by atoms with Gasteiger partial charge in [-0.3, -0.25) is 4.79 Å². The lowest BCUT2D eigenvalue weighted by molar-refractivity contribution is -0.115. The summed E-state index contributed by atoms with van der Waals surface area (Å²) in [7, 11) is 0. The van der Waals surface area contributed by atoms with Crippen molar-refractivity contribution >= 4 is 17.3 Å². The third-order valence-corrected chi connectivity index (χ3v) is 3.47. The standard InChI is InChI=1S/C15H22N2O2/c1-3-15(18)17-14-8-4-7-13(11(14)2)16-10-12-6-5-9-19-12/h4,7-8,12,16H,3,5-6,9-10H2,1-2H3,(H,17,18). The Morgan fingerprint density at radius 1 is 1.42 bits per heavy atom. The zero-order chi connectivity index (χ0) is 13.7. The van der Waals surface area contributed by atoms with Crippen molar-refractivity contribution in [1.29, 1.82) is 0 Å². The molecular weight excluding hydrogens is 240 g/mol. The van der Waals surface area contributed by atoms with Crippen molar-refractivity contribution in [3.63, 3.8) is 0 Å².